The van der Waals surface area contributed by atoms with Crippen molar-refractivity contribution in [3.63, 3.8) is 0 Å². The minimum Gasteiger partial charge on any atom is -0.355 e. The Morgan fingerprint density at radius 2 is 1.88 bits per heavy atom. The summed E-state index contributed by atoms with van der Waals surface area (Å²) in [7, 11) is 1.79. The molecule has 1 saturated heterocycles. The van der Waals surface area contributed by atoms with Crippen LogP contribution in [0.25, 0.3) is 5.69 Å². The Balaban J connectivity index is 0.00000243. The molecule has 7 nitrogen and oxygen atoms in total. The van der Waals surface area contributed by atoms with Crippen molar-refractivity contribution in [2.75, 3.05) is 33.2 Å². The van der Waals surface area contributed by atoms with Gasteiger partial charge in [0.05, 0.1) is 6.54 Å². The van der Waals surface area contributed by atoms with Gasteiger partial charge in [-0.15, -0.1) is 34.2 Å². The van der Waals surface area contributed by atoms with Gasteiger partial charge in [0.25, 0.3) is 0 Å². The highest BCUT2D eigenvalue weighted by molar-refractivity contribution is 14.0. The van der Waals surface area contributed by atoms with Crippen LogP contribution in [0.4, 0.5) is 0 Å². The Hall–Kier alpha value is -1.68. The van der Waals surface area contributed by atoms with Crippen molar-refractivity contribution in [1.29, 1.82) is 0 Å². The van der Waals surface area contributed by atoms with Crippen LogP contribution in [-0.4, -0.2) is 58.9 Å². The van der Waals surface area contributed by atoms with Crippen molar-refractivity contribution in [2.24, 2.45) is 4.99 Å². The molecule has 1 aliphatic heterocycles. The van der Waals surface area contributed by atoms with E-state index in [-0.39, 0.29) is 24.0 Å². The fraction of sp³-hybridized carbons (Fsp3) is 0.500. The molecule has 0 radical (unpaired) electrons. The van der Waals surface area contributed by atoms with E-state index in [0.29, 0.717) is 6.54 Å². The lowest BCUT2D eigenvalue weighted by atomic mass is 10.1. The number of aromatic nitrogens is 3. The Kier molecular flexibility index (Phi) is 8.82. The number of nitrogens with one attached hydrogen (secondary N) is 2. The third-order valence-electron chi connectivity index (χ3n) is 4.46. The Morgan fingerprint density at radius 3 is 2.62 bits per heavy atom. The summed E-state index contributed by atoms with van der Waals surface area (Å²) in [5.74, 6) is 1.64. The first kappa shape index (κ1) is 20.6. The summed E-state index contributed by atoms with van der Waals surface area (Å²) in [4.78, 5) is 6.80. The van der Waals surface area contributed by atoms with Crippen LogP contribution in [-0.2, 0) is 6.54 Å². The minimum atomic E-state index is 0. The topological polar surface area (TPSA) is 70.4 Å². The highest BCUT2D eigenvalue weighted by atomic mass is 127. The number of benzene rings is 1. The summed E-state index contributed by atoms with van der Waals surface area (Å²) in [6, 6.07) is 10.1. The highest BCUT2D eigenvalue weighted by Gasteiger charge is 2.10. The van der Waals surface area contributed by atoms with Gasteiger partial charge in [-0.05, 0) is 38.1 Å². The number of para-hydroxylation sites is 1. The SMILES string of the molecule is CN=C(NCCN1CCCCC1)NCc1nncn1-c1ccccc1.I. The van der Waals surface area contributed by atoms with Crippen molar-refractivity contribution in [3.8, 4) is 5.69 Å². The standard InChI is InChI=1S/C18H27N7.HI/c1-19-18(20-10-13-24-11-6-3-7-12-24)21-14-17-23-22-15-25(17)16-8-4-2-5-9-16;/h2,4-5,8-9,15H,3,6-7,10-14H2,1H3,(H2,19,20,21);1H. The third-order valence-corrected chi connectivity index (χ3v) is 4.46. The van der Waals surface area contributed by atoms with Gasteiger partial charge in [0.2, 0.25) is 0 Å². The molecule has 0 saturated carbocycles. The molecular weight excluding hydrogens is 441 g/mol. The summed E-state index contributed by atoms with van der Waals surface area (Å²) >= 11 is 0. The average Bonchev–Trinajstić information content (AvgIpc) is 3.14. The van der Waals surface area contributed by atoms with Crippen LogP contribution in [0.5, 0.6) is 0 Å². The Bertz CT molecular complexity index is 665. The van der Waals surface area contributed by atoms with E-state index in [1.807, 2.05) is 34.9 Å². The maximum absolute atomic E-state index is 4.29. The van der Waals surface area contributed by atoms with Crippen LogP contribution >= 0.6 is 24.0 Å². The lowest BCUT2D eigenvalue weighted by Gasteiger charge is -2.26. The van der Waals surface area contributed by atoms with Crippen LogP contribution in [0.3, 0.4) is 0 Å². The second-order valence-corrected chi connectivity index (χ2v) is 6.21. The molecule has 142 valence electrons. The maximum Gasteiger partial charge on any atom is 0.191 e. The number of guanidine groups is 1. The molecule has 1 aliphatic rings. The van der Waals surface area contributed by atoms with E-state index in [9.17, 15) is 0 Å². The van der Waals surface area contributed by atoms with Gasteiger partial charge >= 0.3 is 0 Å². The van der Waals surface area contributed by atoms with E-state index >= 15 is 0 Å². The number of hydrogen-bond donors (Lipinski definition) is 2. The molecule has 2 N–H and O–H groups in total. The first-order valence-electron chi connectivity index (χ1n) is 8.98. The van der Waals surface area contributed by atoms with E-state index in [1.54, 1.807) is 13.4 Å². The molecule has 0 unspecified atom stereocenters. The molecule has 1 aromatic heterocycles. The number of halogens is 1. The van der Waals surface area contributed by atoms with E-state index in [0.717, 1.165) is 30.6 Å². The van der Waals surface area contributed by atoms with Crippen LogP contribution < -0.4 is 10.6 Å². The normalized spacial score (nSPS) is 15.3. The fourth-order valence-corrected chi connectivity index (χ4v) is 3.08. The molecule has 0 atom stereocenters. The highest BCUT2D eigenvalue weighted by Crippen LogP contribution is 2.09. The lowest BCUT2D eigenvalue weighted by Crippen LogP contribution is -2.42. The molecule has 1 fully saturated rings. The molecule has 8 heteroatoms. The summed E-state index contributed by atoms with van der Waals surface area (Å²) in [5.41, 5.74) is 1.05. The van der Waals surface area contributed by atoms with Crippen molar-refractivity contribution in [2.45, 2.75) is 25.8 Å². The van der Waals surface area contributed by atoms with Gasteiger partial charge in [-0.1, -0.05) is 24.6 Å². The van der Waals surface area contributed by atoms with Crippen LogP contribution in [0.2, 0.25) is 0 Å². The predicted octanol–water partition coefficient (Wildman–Crippen LogP) is 2.04. The van der Waals surface area contributed by atoms with Gasteiger partial charge in [-0.3, -0.25) is 9.56 Å². The molecule has 26 heavy (non-hydrogen) atoms. The number of aliphatic imine (C=N–C) groups is 1. The Morgan fingerprint density at radius 1 is 1.12 bits per heavy atom. The molecule has 1 aromatic carbocycles. The van der Waals surface area contributed by atoms with E-state index in [2.05, 4.69) is 30.7 Å². The molecule has 0 aliphatic carbocycles. The molecule has 0 bridgehead atoms. The van der Waals surface area contributed by atoms with E-state index < -0.39 is 0 Å². The molecular formula is C18H28IN7. The van der Waals surface area contributed by atoms with Gasteiger partial charge in [-0.25, -0.2) is 0 Å². The third kappa shape index (κ3) is 5.94. The number of nitrogens with zero attached hydrogens (tertiary/aromatic N) is 5. The molecule has 0 spiro atoms. The van der Waals surface area contributed by atoms with Gasteiger partial charge in [-0.2, -0.15) is 0 Å². The largest absolute Gasteiger partial charge is 0.355 e. The summed E-state index contributed by atoms with van der Waals surface area (Å²) in [6.07, 6.45) is 5.75. The van der Waals surface area contributed by atoms with Crippen LogP contribution in [0.1, 0.15) is 25.1 Å². The minimum absolute atomic E-state index is 0. The van der Waals surface area contributed by atoms with E-state index in [4.69, 9.17) is 0 Å². The van der Waals surface area contributed by atoms with Gasteiger partial charge in [0, 0.05) is 25.8 Å². The van der Waals surface area contributed by atoms with Gasteiger partial charge in [0.15, 0.2) is 11.8 Å². The number of likely N-dealkylation sites (tertiary alicyclic amines) is 1. The zero-order valence-corrected chi connectivity index (χ0v) is 17.6. The maximum atomic E-state index is 4.29. The van der Waals surface area contributed by atoms with Crippen molar-refractivity contribution in [3.05, 3.63) is 42.5 Å². The number of hydrogen-bond acceptors (Lipinski definition) is 4. The van der Waals surface area contributed by atoms with E-state index in [1.165, 1.54) is 32.4 Å². The van der Waals surface area contributed by atoms with Crippen molar-refractivity contribution >= 4 is 29.9 Å². The summed E-state index contributed by atoms with van der Waals surface area (Å²) in [5, 5.41) is 14.9. The van der Waals surface area contributed by atoms with Crippen LogP contribution in [0, 0.1) is 0 Å². The summed E-state index contributed by atoms with van der Waals surface area (Å²) < 4.78 is 1.98. The second kappa shape index (κ2) is 11.1. The molecule has 3 rings (SSSR count). The average molecular weight is 469 g/mol. The quantitative estimate of drug-likeness (QED) is 0.385. The van der Waals surface area contributed by atoms with Crippen LogP contribution in [0.15, 0.2) is 41.7 Å². The number of piperidine rings is 1. The second-order valence-electron chi connectivity index (χ2n) is 6.21. The zero-order valence-electron chi connectivity index (χ0n) is 15.3. The number of rotatable bonds is 6. The predicted molar refractivity (Wildman–Crippen MR) is 115 cm³/mol. The fourth-order valence-electron chi connectivity index (χ4n) is 3.08. The summed E-state index contributed by atoms with van der Waals surface area (Å²) in [6.45, 7) is 4.95. The smallest absolute Gasteiger partial charge is 0.191 e. The van der Waals surface area contributed by atoms with Gasteiger partial charge < -0.3 is 15.5 Å². The molecule has 2 heterocycles. The van der Waals surface area contributed by atoms with Crippen molar-refractivity contribution < 1.29 is 0 Å². The molecule has 2 aromatic rings. The first-order chi connectivity index (χ1) is 12.4. The monoisotopic (exact) mass is 469 g/mol. The first-order valence-corrected chi connectivity index (χ1v) is 8.98. The van der Waals surface area contributed by atoms with Crippen molar-refractivity contribution in [1.82, 2.24) is 30.3 Å². The zero-order chi connectivity index (χ0) is 17.3. The molecule has 0 amide bonds. The van der Waals surface area contributed by atoms with Gasteiger partial charge in [0.1, 0.15) is 6.33 Å². The lowest BCUT2D eigenvalue weighted by molar-refractivity contribution is 0.232. The Labute approximate surface area is 172 Å².